The molecule has 0 saturated heterocycles. The lowest BCUT2D eigenvalue weighted by Gasteiger charge is -2.22. The van der Waals surface area contributed by atoms with Gasteiger partial charge in [-0.25, -0.2) is 15.0 Å². The van der Waals surface area contributed by atoms with E-state index in [4.69, 9.17) is 4.98 Å². The van der Waals surface area contributed by atoms with Crippen LogP contribution in [0.1, 0.15) is 45.9 Å². The zero-order chi connectivity index (χ0) is 23.2. The molecule has 0 bridgehead atoms. The van der Waals surface area contributed by atoms with Crippen molar-refractivity contribution in [1.29, 1.82) is 0 Å². The SMILES string of the molecule is CC(C)Cc1ccc2c(-c3cc(-c4cc(C(C)(C)C)c5ccccc5c4)ncn3)csc2n1. The van der Waals surface area contributed by atoms with Crippen molar-refractivity contribution < 1.29 is 0 Å². The molecule has 0 atom stereocenters. The summed E-state index contributed by atoms with van der Waals surface area (Å²) in [7, 11) is 0. The third-order valence-corrected chi connectivity index (χ3v) is 6.91. The Morgan fingerprint density at radius 1 is 0.879 bits per heavy atom. The second kappa shape index (κ2) is 8.35. The molecule has 3 aromatic heterocycles. The minimum Gasteiger partial charge on any atom is -0.242 e. The molecule has 5 rings (SSSR count). The van der Waals surface area contributed by atoms with Gasteiger partial charge < -0.3 is 0 Å². The third kappa shape index (κ3) is 4.28. The maximum Gasteiger partial charge on any atom is 0.124 e. The Balaban J connectivity index is 1.60. The maximum absolute atomic E-state index is 4.89. The van der Waals surface area contributed by atoms with E-state index in [1.165, 1.54) is 16.3 Å². The smallest absolute Gasteiger partial charge is 0.124 e. The van der Waals surface area contributed by atoms with Gasteiger partial charge in [0.1, 0.15) is 11.2 Å². The summed E-state index contributed by atoms with van der Waals surface area (Å²) in [4.78, 5) is 15.2. The highest BCUT2D eigenvalue weighted by molar-refractivity contribution is 7.17. The van der Waals surface area contributed by atoms with Gasteiger partial charge in [-0.15, -0.1) is 11.3 Å². The molecular formula is C29H29N3S. The summed E-state index contributed by atoms with van der Waals surface area (Å²) in [6.45, 7) is 11.3. The van der Waals surface area contributed by atoms with Gasteiger partial charge in [0, 0.05) is 27.6 Å². The summed E-state index contributed by atoms with van der Waals surface area (Å²) in [6.07, 6.45) is 2.68. The zero-order valence-electron chi connectivity index (χ0n) is 19.9. The van der Waals surface area contributed by atoms with Crippen LogP contribution in [0.2, 0.25) is 0 Å². The van der Waals surface area contributed by atoms with Crippen molar-refractivity contribution in [2.24, 2.45) is 5.92 Å². The number of nitrogens with zero attached hydrogens (tertiary/aromatic N) is 3. The fraction of sp³-hybridized carbons (Fsp3) is 0.276. The third-order valence-electron chi connectivity index (χ3n) is 6.02. The molecule has 0 unspecified atom stereocenters. The lowest BCUT2D eigenvalue weighted by atomic mass is 9.82. The quantitative estimate of drug-likeness (QED) is 0.277. The summed E-state index contributed by atoms with van der Waals surface area (Å²) in [5, 5.41) is 5.87. The van der Waals surface area contributed by atoms with E-state index in [9.17, 15) is 0 Å². The molecule has 0 aliphatic heterocycles. The van der Waals surface area contributed by atoms with Crippen LogP contribution in [-0.4, -0.2) is 15.0 Å². The van der Waals surface area contributed by atoms with E-state index in [0.29, 0.717) is 5.92 Å². The first-order valence-electron chi connectivity index (χ1n) is 11.5. The van der Waals surface area contributed by atoms with Gasteiger partial charge in [0.2, 0.25) is 0 Å². The van der Waals surface area contributed by atoms with Crippen LogP contribution in [0.25, 0.3) is 43.5 Å². The Kier molecular flexibility index (Phi) is 5.49. The monoisotopic (exact) mass is 451 g/mol. The molecule has 0 saturated carbocycles. The molecule has 0 radical (unpaired) electrons. The van der Waals surface area contributed by atoms with Crippen molar-refractivity contribution in [3.63, 3.8) is 0 Å². The van der Waals surface area contributed by atoms with Crippen LogP contribution in [0.5, 0.6) is 0 Å². The zero-order valence-corrected chi connectivity index (χ0v) is 20.7. The number of thiophene rings is 1. The van der Waals surface area contributed by atoms with E-state index in [1.54, 1.807) is 17.7 Å². The molecule has 4 heteroatoms. The highest BCUT2D eigenvalue weighted by atomic mass is 32.1. The van der Waals surface area contributed by atoms with Crippen LogP contribution in [-0.2, 0) is 11.8 Å². The highest BCUT2D eigenvalue weighted by Gasteiger charge is 2.19. The second-order valence-electron chi connectivity index (χ2n) is 10.2. The van der Waals surface area contributed by atoms with Crippen LogP contribution >= 0.6 is 11.3 Å². The van der Waals surface area contributed by atoms with Gasteiger partial charge in [-0.2, -0.15) is 0 Å². The Morgan fingerprint density at radius 3 is 2.45 bits per heavy atom. The topological polar surface area (TPSA) is 38.7 Å². The summed E-state index contributed by atoms with van der Waals surface area (Å²) >= 11 is 1.69. The van der Waals surface area contributed by atoms with Crippen LogP contribution in [0.3, 0.4) is 0 Å². The molecule has 2 aromatic carbocycles. The van der Waals surface area contributed by atoms with Crippen LogP contribution < -0.4 is 0 Å². The van der Waals surface area contributed by atoms with Crippen molar-refractivity contribution >= 4 is 32.3 Å². The first-order chi connectivity index (χ1) is 15.8. The number of fused-ring (bicyclic) bond motifs is 2. The average molecular weight is 452 g/mol. The van der Waals surface area contributed by atoms with Gasteiger partial charge in [0.25, 0.3) is 0 Å². The number of aromatic nitrogens is 3. The molecule has 0 N–H and O–H groups in total. The van der Waals surface area contributed by atoms with Gasteiger partial charge in [-0.1, -0.05) is 58.9 Å². The number of hydrogen-bond acceptors (Lipinski definition) is 4. The van der Waals surface area contributed by atoms with Crippen molar-refractivity contribution in [1.82, 2.24) is 15.0 Å². The van der Waals surface area contributed by atoms with Crippen molar-refractivity contribution in [3.05, 3.63) is 77.6 Å². The molecule has 3 heterocycles. The summed E-state index contributed by atoms with van der Waals surface area (Å²) in [5.74, 6) is 0.596. The van der Waals surface area contributed by atoms with Crippen LogP contribution in [0.4, 0.5) is 0 Å². The molecule has 3 nitrogen and oxygen atoms in total. The largest absolute Gasteiger partial charge is 0.242 e. The number of pyridine rings is 1. The summed E-state index contributed by atoms with van der Waals surface area (Å²) < 4.78 is 0. The Morgan fingerprint density at radius 2 is 1.67 bits per heavy atom. The molecule has 0 aliphatic carbocycles. The lowest BCUT2D eigenvalue weighted by molar-refractivity contribution is 0.596. The first-order valence-corrected chi connectivity index (χ1v) is 12.4. The summed E-state index contributed by atoms with van der Waals surface area (Å²) in [6, 6.07) is 19.6. The molecule has 5 aromatic rings. The molecule has 33 heavy (non-hydrogen) atoms. The number of benzene rings is 2. The fourth-order valence-electron chi connectivity index (χ4n) is 4.42. The van der Waals surface area contributed by atoms with E-state index in [2.05, 4.69) is 105 Å². The molecule has 0 amide bonds. The van der Waals surface area contributed by atoms with Gasteiger partial charge in [0.15, 0.2) is 0 Å². The predicted molar refractivity (Wildman–Crippen MR) is 141 cm³/mol. The normalized spacial score (nSPS) is 12.2. The van der Waals surface area contributed by atoms with Crippen molar-refractivity contribution in [2.75, 3.05) is 0 Å². The Hall–Kier alpha value is -3.11. The van der Waals surface area contributed by atoms with Gasteiger partial charge >= 0.3 is 0 Å². The number of rotatable bonds is 4. The van der Waals surface area contributed by atoms with E-state index in [1.807, 2.05) is 0 Å². The second-order valence-corrected chi connectivity index (χ2v) is 11.0. The predicted octanol–water partition coefficient (Wildman–Crippen LogP) is 8.07. The molecule has 0 fully saturated rings. The fourth-order valence-corrected chi connectivity index (χ4v) is 5.38. The minimum atomic E-state index is 0.0361. The van der Waals surface area contributed by atoms with E-state index >= 15 is 0 Å². The van der Waals surface area contributed by atoms with Gasteiger partial charge in [-0.05, 0) is 64.4 Å². The molecular weight excluding hydrogens is 422 g/mol. The van der Waals surface area contributed by atoms with Crippen LogP contribution in [0.15, 0.2) is 66.3 Å². The highest BCUT2D eigenvalue weighted by Crippen LogP contribution is 2.36. The number of hydrogen-bond donors (Lipinski definition) is 0. The minimum absolute atomic E-state index is 0.0361. The Bertz CT molecular complexity index is 1460. The van der Waals surface area contributed by atoms with E-state index in [-0.39, 0.29) is 5.41 Å². The molecule has 0 aliphatic rings. The van der Waals surface area contributed by atoms with E-state index < -0.39 is 0 Å². The van der Waals surface area contributed by atoms with Crippen molar-refractivity contribution in [3.8, 4) is 22.5 Å². The van der Waals surface area contributed by atoms with Crippen molar-refractivity contribution in [2.45, 2.75) is 46.5 Å². The summed E-state index contributed by atoms with van der Waals surface area (Å²) in [5.41, 5.74) is 6.65. The van der Waals surface area contributed by atoms with Gasteiger partial charge in [-0.3, -0.25) is 0 Å². The maximum atomic E-state index is 4.89. The standard InChI is InChI=1S/C29H29N3S/c1-18(2)12-21-10-11-23-24(16-33-28(23)32-21)27-15-26(30-17-31-27)20-13-19-8-6-7-9-22(19)25(14-20)29(3,4)5/h6-11,13-18H,12H2,1-5H3. The lowest BCUT2D eigenvalue weighted by Crippen LogP contribution is -2.12. The first kappa shape index (κ1) is 21.7. The molecule has 0 spiro atoms. The molecule has 166 valence electrons. The Labute approximate surface area is 199 Å². The van der Waals surface area contributed by atoms with Crippen LogP contribution in [0, 0.1) is 5.92 Å². The average Bonchev–Trinajstić information content (AvgIpc) is 3.20. The van der Waals surface area contributed by atoms with Gasteiger partial charge in [0.05, 0.1) is 11.4 Å². The van der Waals surface area contributed by atoms with E-state index in [0.717, 1.165) is 44.8 Å².